The van der Waals surface area contributed by atoms with Crippen molar-refractivity contribution in [2.24, 2.45) is 0 Å². The zero-order valence-electron chi connectivity index (χ0n) is 7.31. The van der Waals surface area contributed by atoms with Crippen LogP contribution >= 0.6 is 0 Å². The molecule has 0 aromatic heterocycles. The van der Waals surface area contributed by atoms with Crippen molar-refractivity contribution in [2.75, 3.05) is 0 Å². The van der Waals surface area contributed by atoms with E-state index in [1.54, 1.807) is 0 Å². The van der Waals surface area contributed by atoms with Gasteiger partial charge < -0.3 is 0 Å². The number of benzene rings is 1. The normalized spacial score (nSPS) is 6.67. The molecular formula is C12H24. The summed E-state index contributed by atoms with van der Waals surface area (Å²) in [5.74, 6) is 0. The van der Waals surface area contributed by atoms with Crippen LogP contribution in [-0.2, 0) is 0 Å². The zero-order chi connectivity index (χ0) is 7.98. The summed E-state index contributed by atoms with van der Waals surface area (Å²) in [5.41, 5.74) is 2.68. The maximum absolute atomic E-state index is 2.17. The lowest BCUT2D eigenvalue weighted by atomic mass is 10.2. The summed E-state index contributed by atoms with van der Waals surface area (Å²) in [6.45, 7) is 8.21. The summed E-state index contributed by atoms with van der Waals surface area (Å²) in [6.07, 6.45) is 0. The van der Waals surface area contributed by atoms with E-state index < -0.39 is 0 Å². The number of hydrogen-bond donors (Lipinski definition) is 0. The van der Waals surface area contributed by atoms with E-state index in [4.69, 9.17) is 0 Å². The lowest BCUT2D eigenvalue weighted by Crippen LogP contribution is -1.71. The van der Waals surface area contributed by atoms with E-state index in [9.17, 15) is 0 Å². The highest BCUT2D eigenvalue weighted by Crippen LogP contribution is 2.00. The molecule has 0 fully saturated rings. The molecule has 1 aromatic carbocycles. The molecule has 0 unspecified atom stereocenters. The van der Waals surface area contributed by atoms with Gasteiger partial charge in [0.2, 0.25) is 0 Å². The van der Waals surface area contributed by atoms with Crippen molar-refractivity contribution in [2.45, 2.75) is 42.5 Å². The molecule has 0 aliphatic rings. The fraction of sp³-hybridized carbons (Fsp3) is 0.500. The van der Waals surface area contributed by atoms with E-state index >= 15 is 0 Å². The number of aryl methyl sites for hydroxylation is 2. The predicted molar refractivity (Wildman–Crippen MR) is 60.7 cm³/mol. The Morgan fingerprint density at radius 2 is 1.17 bits per heavy atom. The molecule has 0 aliphatic heterocycles. The van der Waals surface area contributed by atoms with Crippen LogP contribution in [0.5, 0.6) is 0 Å². The molecule has 0 atom stereocenters. The average molecular weight is 168 g/mol. The van der Waals surface area contributed by atoms with Gasteiger partial charge in [-0.25, -0.2) is 0 Å². The van der Waals surface area contributed by atoms with Gasteiger partial charge in [0.15, 0.2) is 0 Å². The Morgan fingerprint density at radius 3 is 1.33 bits per heavy atom. The first-order valence-electron chi connectivity index (χ1n) is 3.82. The molecule has 0 radical (unpaired) electrons. The zero-order valence-corrected chi connectivity index (χ0v) is 7.31. The maximum Gasteiger partial charge on any atom is -0.0398 e. The van der Waals surface area contributed by atoms with Crippen LogP contribution in [0.2, 0.25) is 0 Å². The van der Waals surface area contributed by atoms with Crippen LogP contribution in [0.15, 0.2) is 24.3 Å². The largest absolute Gasteiger partial charge is 0.0776 e. The van der Waals surface area contributed by atoms with Crippen LogP contribution in [0.3, 0.4) is 0 Å². The van der Waals surface area contributed by atoms with Crippen molar-refractivity contribution >= 4 is 0 Å². The topological polar surface area (TPSA) is 0 Å². The number of rotatable bonds is 0. The smallest absolute Gasteiger partial charge is 0.0398 e. The molecular weight excluding hydrogens is 144 g/mol. The van der Waals surface area contributed by atoms with Crippen LogP contribution in [0.25, 0.3) is 0 Å². The van der Waals surface area contributed by atoms with Crippen molar-refractivity contribution < 1.29 is 0 Å². The van der Waals surface area contributed by atoms with Crippen molar-refractivity contribution in [3.8, 4) is 0 Å². The molecule has 0 amide bonds. The second-order valence-corrected chi connectivity index (χ2v) is 2.16. The Labute approximate surface area is 78.6 Å². The van der Waals surface area contributed by atoms with E-state index in [0.29, 0.717) is 0 Å². The molecule has 0 aliphatic carbocycles. The minimum absolute atomic E-state index is 0. The van der Waals surface area contributed by atoms with Crippen LogP contribution < -0.4 is 0 Å². The summed E-state index contributed by atoms with van der Waals surface area (Å²) in [7, 11) is 0. The SMILES string of the molecule is C.C.CC.Cc1cccc(C)c1. The second kappa shape index (κ2) is 10.2. The highest BCUT2D eigenvalue weighted by atomic mass is 13.9. The molecule has 0 heterocycles. The highest BCUT2D eigenvalue weighted by Gasteiger charge is 1.80. The van der Waals surface area contributed by atoms with Crippen molar-refractivity contribution in [3.63, 3.8) is 0 Å². The summed E-state index contributed by atoms with van der Waals surface area (Å²) in [5, 5.41) is 0. The highest BCUT2D eigenvalue weighted by molar-refractivity contribution is 5.20. The Hall–Kier alpha value is -0.780. The second-order valence-electron chi connectivity index (χ2n) is 2.16. The van der Waals surface area contributed by atoms with Crippen LogP contribution in [0.1, 0.15) is 39.8 Å². The first kappa shape index (κ1) is 17.3. The number of hydrogen-bond acceptors (Lipinski definition) is 0. The van der Waals surface area contributed by atoms with E-state index in [0.717, 1.165) is 0 Å². The summed E-state index contributed by atoms with van der Waals surface area (Å²) >= 11 is 0. The Kier molecular flexibility index (Phi) is 14.8. The minimum atomic E-state index is 0. The fourth-order valence-corrected chi connectivity index (χ4v) is 0.807. The first-order chi connectivity index (χ1) is 4.79. The third kappa shape index (κ3) is 7.33. The average Bonchev–Trinajstić information content (AvgIpc) is 1.91. The van der Waals surface area contributed by atoms with Gasteiger partial charge in [-0.2, -0.15) is 0 Å². The van der Waals surface area contributed by atoms with Gasteiger partial charge in [-0.15, -0.1) is 0 Å². The molecule has 0 bridgehead atoms. The van der Waals surface area contributed by atoms with Gasteiger partial charge in [-0.1, -0.05) is 64.1 Å². The van der Waals surface area contributed by atoms with Crippen LogP contribution in [0, 0.1) is 13.8 Å². The third-order valence-electron chi connectivity index (χ3n) is 1.17. The van der Waals surface area contributed by atoms with E-state index in [-0.39, 0.29) is 14.9 Å². The molecule has 0 saturated heterocycles. The van der Waals surface area contributed by atoms with Gasteiger partial charge in [-0.3, -0.25) is 0 Å². The van der Waals surface area contributed by atoms with Crippen LogP contribution in [0.4, 0.5) is 0 Å². The van der Waals surface area contributed by atoms with Crippen LogP contribution in [-0.4, -0.2) is 0 Å². The lowest BCUT2D eigenvalue weighted by Gasteiger charge is -1.90. The van der Waals surface area contributed by atoms with Gasteiger partial charge in [0.05, 0.1) is 0 Å². The van der Waals surface area contributed by atoms with Crippen molar-refractivity contribution in [1.29, 1.82) is 0 Å². The molecule has 0 heteroatoms. The van der Waals surface area contributed by atoms with Gasteiger partial charge in [-0.05, 0) is 13.8 Å². The van der Waals surface area contributed by atoms with Gasteiger partial charge in [0, 0.05) is 0 Å². The summed E-state index contributed by atoms with van der Waals surface area (Å²) < 4.78 is 0. The molecule has 1 aromatic rings. The molecule has 0 spiro atoms. The Balaban J connectivity index is -0.000000189. The van der Waals surface area contributed by atoms with E-state index in [1.165, 1.54) is 11.1 Å². The lowest BCUT2D eigenvalue weighted by molar-refractivity contribution is 1.39. The Bertz CT molecular complexity index is 160. The van der Waals surface area contributed by atoms with Gasteiger partial charge >= 0.3 is 0 Å². The fourth-order valence-electron chi connectivity index (χ4n) is 0.807. The van der Waals surface area contributed by atoms with Crippen molar-refractivity contribution in [3.05, 3.63) is 35.4 Å². The van der Waals surface area contributed by atoms with E-state index in [1.807, 2.05) is 13.8 Å². The third-order valence-corrected chi connectivity index (χ3v) is 1.17. The summed E-state index contributed by atoms with van der Waals surface area (Å²) in [6, 6.07) is 8.45. The molecule has 12 heavy (non-hydrogen) atoms. The maximum atomic E-state index is 2.17. The standard InChI is InChI=1S/C8H10.C2H6.2CH4/c1-7-4-3-5-8(2)6-7;1-2;;/h3-6H,1-2H3;1-2H3;2*1H4. The van der Waals surface area contributed by atoms with Gasteiger partial charge in [0.1, 0.15) is 0 Å². The molecule has 0 nitrogen and oxygen atoms in total. The quantitative estimate of drug-likeness (QED) is 0.531. The Morgan fingerprint density at radius 1 is 0.833 bits per heavy atom. The molecule has 72 valence electrons. The van der Waals surface area contributed by atoms with Gasteiger partial charge in [0.25, 0.3) is 0 Å². The van der Waals surface area contributed by atoms with E-state index in [2.05, 4.69) is 38.1 Å². The predicted octanol–water partition coefficient (Wildman–Crippen LogP) is 4.60. The molecule has 0 saturated carbocycles. The minimum Gasteiger partial charge on any atom is -0.0776 e. The molecule has 0 N–H and O–H groups in total. The molecule has 1 rings (SSSR count). The first-order valence-corrected chi connectivity index (χ1v) is 3.82. The van der Waals surface area contributed by atoms with Crippen molar-refractivity contribution in [1.82, 2.24) is 0 Å². The monoisotopic (exact) mass is 168 g/mol. The summed E-state index contributed by atoms with van der Waals surface area (Å²) in [4.78, 5) is 0.